The summed E-state index contributed by atoms with van der Waals surface area (Å²) in [6.07, 6.45) is 2.16. The number of nitrogens with zero attached hydrogens (tertiary/aromatic N) is 4. The highest BCUT2D eigenvalue weighted by molar-refractivity contribution is 8.00. The Morgan fingerprint density at radius 1 is 1.23 bits per heavy atom. The summed E-state index contributed by atoms with van der Waals surface area (Å²) in [5.74, 6) is 0.194. The molecule has 0 N–H and O–H groups in total. The van der Waals surface area contributed by atoms with Gasteiger partial charge in [-0.15, -0.1) is 21.5 Å². The van der Waals surface area contributed by atoms with E-state index < -0.39 is 0 Å². The number of thioether (sulfide) groups is 1. The Morgan fingerprint density at radius 3 is 2.69 bits per heavy atom. The number of benzene rings is 1. The summed E-state index contributed by atoms with van der Waals surface area (Å²) in [6, 6.07) is 6.21. The largest absolute Gasteiger partial charge is 0.342 e. The first-order chi connectivity index (χ1) is 12.6. The fraction of sp³-hybridized carbons (Fsp3) is 0.333. The molecule has 1 aliphatic heterocycles. The third-order valence-electron chi connectivity index (χ3n) is 4.30. The van der Waals surface area contributed by atoms with Crippen LogP contribution >= 0.6 is 23.1 Å². The van der Waals surface area contributed by atoms with Crippen LogP contribution in [0.2, 0.25) is 0 Å². The van der Waals surface area contributed by atoms with Crippen molar-refractivity contribution < 1.29 is 9.18 Å². The molecule has 5 nitrogen and oxygen atoms in total. The molecule has 4 rings (SSSR count). The van der Waals surface area contributed by atoms with Crippen LogP contribution in [0.1, 0.15) is 17.8 Å². The van der Waals surface area contributed by atoms with Gasteiger partial charge in [-0.05, 0) is 44.0 Å². The quantitative estimate of drug-likeness (QED) is 0.634. The van der Waals surface area contributed by atoms with Gasteiger partial charge in [0.25, 0.3) is 0 Å². The Labute approximate surface area is 158 Å². The Morgan fingerprint density at radius 2 is 1.96 bits per heavy atom. The van der Waals surface area contributed by atoms with Crippen molar-refractivity contribution in [3.8, 4) is 11.3 Å². The predicted molar refractivity (Wildman–Crippen MR) is 102 cm³/mol. The molecule has 1 saturated heterocycles. The molecular formula is C18H17FN4OS2. The minimum absolute atomic E-state index is 0.136. The molecule has 8 heteroatoms. The number of hydrogen-bond donors (Lipinski definition) is 0. The molecule has 2 aromatic heterocycles. The predicted octanol–water partition coefficient (Wildman–Crippen LogP) is 3.92. The van der Waals surface area contributed by atoms with Gasteiger partial charge in [-0.3, -0.25) is 4.79 Å². The number of halogens is 1. The number of amides is 1. The number of fused-ring (bicyclic) bond motifs is 1. The van der Waals surface area contributed by atoms with Crippen molar-refractivity contribution in [2.75, 3.05) is 18.8 Å². The molecule has 1 aromatic carbocycles. The Balaban J connectivity index is 1.63. The normalized spacial score (nSPS) is 14.3. The maximum atomic E-state index is 13.2. The Kier molecular flexibility index (Phi) is 4.86. The van der Waals surface area contributed by atoms with Gasteiger partial charge in [0.2, 0.25) is 5.91 Å². The summed E-state index contributed by atoms with van der Waals surface area (Å²) < 4.78 is 14.1. The van der Waals surface area contributed by atoms with E-state index >= 15 is 0 Å². The molecule has 0 bridgehead atoms. The van der Waals surface area contributed by atoms with Gasteiger partial charge in [0, 0.05) is 18.7 Å². The van der Waals surface area contributed by atoms with Crippen molar-refractivity contribution in [2.45, 2.75) is 24.8 Å². The minimum atomic E-state index is -0.286. The molecule has 0 aliphatic carbocycles. The fourth-order valence-corrected chi connectivity index (χ4v) is 4.82. The summed E-state index contributed by atoms with van der Waals surface area (Å²) in [6.45, 7) is 3.63. The van der Waals surface area contributed by atoms with Crippen LogP contribution in [0.3, 0.4) is 0 Å². The lowest BCUT2D eigenvalue weighted by Gasteiger charge is -2.14. The lowest BCUT2D eigenvalue weighted by Crippen LogP contribution is -2.29. The molecular weight excluding hydrogens is 371 g/mol. The van der Waals surface area contributed by atoms with Crippen LogP contribution in [-0.4, -0.2) is 44.8 Å². The Hall–Kier alpha value is -2.06. The van der Waals surface area contributed by atoms with E-state index in [-0.39, 0.29) is 11.7 Å². The van der Waals surface area contributed by atoms with Crippen LogP contribution < -0.4 is 0 Å². The molecule has 0 atom stereocenters. The van der Waals surface area contributed by atoms with Gasteiger partial charge in [-0.2, -0.15) is 0 Å². The van der Waals surface area contributed by atoms with E-state index in [1.807, 2.05) is 11.8 Å². The van der Waals surface area contributed by atoms with Crippen molar-refractivity contribution >= 4 is 39.2 Å². The van der Waals surface area contributed by atoms with Crippen molar-refractivity contribution in [1.29, 1.82) is 0 Å². The number of aryl methyl sites for hydroxylation is 1. The van der Waals surface area contributed by atoms with E-state index in [0.717, 1.165) is 46.7 Å². The smallest absolute Gasteiger partial charge is 0.232 e. The van der Waals surface area contributed by atoms with Crippen molar-refractivity contribution in [2.24, 2.45) is 0 Å². The van der Waals surface area contributed by atoms with E-state index in [9.17, 15) is 9.18 Å². The van der Waals surface area contributed by atoms with Gasteiger partial charge >= 0.3 is 0 Å². The first kappa shape index (κ1) is 17.4. The molecule has 0 spiro atoms. The third-order valence-corrected chi connectivity index (χ3v) is 6.22. The van der Waals surface area contributed by atoms with E-state index in [1.54, 1.807) is 12.1 Å². The van der Waals surface area contributed by atoms with Gasteiger partial charge in [0.05, 0.1) is 15.5 Å². The van der Waals surface area contributed by atoms with Gasteiger partial charge in [-0.1, -0.05) is 11.8 Å². The number of aromatic nitrogens is 3. The van der Waals surface area contributed by atoms with Gasteiger partial charge in [0.15, 0.2) is 0 Å². The van der Waals surface area contributed by atoms with Gasteiger partial charge in [-0.25, -0.2) is 9.37 Å². The maximum Gasteiger partial charge on any atom is 0.232 e. The van der Waals surface area contributed by atoms with Crippen LogP contribution in [-0.2, 0) is 4.79 Å². The first-order valence-corrected chi connectivity index (χ1v) is 10.2. The lowest BCUT2D eigenvalue weighted by atomic mass is 10.1. The van der Waals surface area contributed by atoms with E-state index in [2.05, 4.69) is 15.2 Å². The van der Waals surface area contributed by atoms with E-state index in [1.165, 1.54) is 35.2 Å². The molecule has 0 radical (unpaired) electrons. The number of thiazole rings is 1. The summed E-state index contributed by atoms with van der Waals surface area (Å²) in [5.41, 5.74) is 2.26. The third kappa shape index (κ3) is 3.43. The van der Waals surface area contributed by atoms with Crippen LogP contribution in [0.4, 0.5) is 4.39 Å². The summed E-state index contributed by atoms with van der Waals surface area (Å²) in [4.78, 5) is 18.8. The number of carbonyl (C=O) groups is 1. The van der Waals surface area contributed by atoms with E-state index in [4.69, 9.17) is 0 Å². The fourth-order valence-electron chi connectivity index (χ4n) is 3.00. The molecule has 3 heterocycles. The molecule has 3 aromatic rings. The highest BCUT2D eigenvalue weighted by atomic mass is 32.2. The molecule has 1 amide bonds. The van der Waals surface area contributed by atoms with Crippen molar-refractivity contribution in [1.82, 2.24) is 20.1 Å². The average Bonchev–Trinajstić information content (AvgIpc) is 3.29. The standard InChI is InChI=1S/C18H17FN4OS2/c1-11-20-16-17(26-11)15(12-4-6-13(19)7-5-12)21-22-18(16)25-10-14(24)23-8-2-3-9-23/h4-7H,2-3,8-10H2,1H3. The number of hydrogen-bond acceptors (Lipinski definition) is 6. The second-order valence-corrected chi connectivity index (χ2v) is 8.32. The summed E-state index contributed by atoms with van der Waals surface area (Å²) in [5, 5.41) is 10.2. The summed E-state index contributed by atoms with van der Waals surface area (Å²) >= 11 is 2.92. The lowest BCUT2D eigenvalue weighted by molar-refractivity contribution is -0.127. The van der Waals surface area contributed by atoms with Crippen LogP contribution in [0.25, 0.3) is 21.5 Å². The first-order valence-electron chi connectivity index (χ1n) is 8.42. The molecule has 1 fully saturated rings. The highest BCUT2D eigenvalue weighted by Crippen LogP contribution is 2.35. The van der Waals surface area contributed by atoms with E-state index in [0.29, 0.717) is 16.5 Å². The number of likely N-dealkylation sites (tertiary alicyclic amines) is 1. The minimum Gasteiger partial charge on any atom is -0.342 e. The monoisotopic (exact) mass is 388 g/mol. The topological polar surface area (TPSA) is 59.0 Å². The van der Waals surface area contributed by atoms with Crippen molar-refractivity contribution in [3.63, 3.8) is 0 Å². The second-order valence-electron chi connectivity index (χ2n) is 6.15. The SMILES string of the molecule is Cc1nc2c(SCC(=O)N3CCCC3)nnc(-c3ccc(F)cc3)c2s1. The number of rotatable bonds is 4. The van der Waals surface area contributed by atoms with Crippen molar-refractivity contribution in [3.05, 3.63) is 35.1 Å². The number of carbonyl (C=O) groups excluding carboxylic acids is 1. The highest BCUT2D eigenvalue weighted by Gasteiger charge is 2.20. The summed E-state index contributed by atoms with van der Waals surface area (Å²) in [7, 11) is 0. The molecule has 0 saturated carbocycles. The molecule has 134 valence electrons. The zero-order valence-electron chi connectivity index (χ0n) is 14.2. The van der Waals surface area contributed by atoms with Gasteiger partial charge in [0.1, 0.15) is 22.1 Å². The zero-order valence-corrected chi connectivity index (χ0v) is 15.9. The van der Waals surface area contributed by atoms with Crippen LogP contribution in [0.15, 0.2) is 29.3 Å². The van der Waals surface area contributed by atoms with Crippen LogP contribution in [0.5, 0.6) is 0 Å². The second kappa shape index (κ2) is 7.28. The average molecular weight is 388 g/mol. The van der Waals surface area contributed by atoms with Crippen LogP contribution in [0, 0.1) is 12.7 Å². The maximum absolute atomic E-state index is 13.2. The van der Waals surface area contributed by atoms with Gasteiger partial charge < -0.3 is 4.90 Å². The zero-order chi connectivity index (χ0) is 18.1. The molecule has 26 heavy (non-hydrogen) atoms. The molecule has 0 unspecified atom stereocenters. The Bertz CT molecular complexity index is 952. The molecule has 1 aliphatic rings.